The van der Waals surface area contributed by atoms with E-state index in [0.717, 1.165) is 5.56 Å². The molecule has 0 spiro atoms. The third kappa shape index (κ3) is 1.84. The standard InChI is InChI=1S/C12H9N3O/c1-16-12-10(7-13)8-14-11(15-12)9-5-3-2-4-6-9/h2-6,8H,1H3. The lowest BCUT2D eigenvalue weighted by atomic mass is 10.2. The summed E-state index contributed by atoms with van der Waals surface area (Å²) < 4.78 is 5.02. The quantitative estimate of drug-likeness (QED) is 0.762. The molecule has 4 nitrogen and oxygen atoms in total. The number of nitriles is 1. The summed E-state index contributed by atoms with van der Waals surface area (Å²) in [6, 6.07) is 11.5. The van der Waals surface area contributed by atoms with Gasteiger partial charge < -0.3 is 4.74 Å². The molecule has 16 heavy (non-hydrogen) atoms. The summed E-state index contributed by atoms with van der Waals surface area (Å²) in [5.41, 5.74) is 1.23. The predicted octanol–water partition coefficient (Wildman–Crippen LogP) is 2.02. The Balaban J connectivity index is 2.49. The minimum Gasteiger partial charge on any atom is -0.480 e. The highest BCUT2D eigenvalue weighted by molar-refractivity contribution is 5.56. The highest BCUT2D eigenvalue weighted by atomic mass is 16.5. The Labute approximate surface area is 93.2 Å². The molecule has 2 rings (SSSR count). The fourth-order valence-corrected chi connectivity index (χ4v) is 1.32. The van der Waals surface area contributed by atoms with Crippen molar-refractivity contribution in [2.45, 2.75) is 0 Å². The Kier molecular flexibility index (Phi) is 2.79. The monoisotopic (exact) mass is 211 g/mol. The molecule has 0 unspecified atom stereocenters. The Morgan fingerprint density at radius 1 is 1.25 bits per heavy atom. The van der Waals surface area contributed by atoms with E-state index in [0.29, 0.717) is 17.3 Å². The molecule has 0 atom stereocenters. The number of rotatable bonds is 2. The van der Waals surface area contributed by atoms with E-state index in [1.807, 2.05) is 36.4 Å². The molecule has 1 heterocycles. The molecular formula is C12H9N3O. The Morgan fingerprint density at radius 3 is 2.62 bits per heavy atom. The van der Waals surface area contributed by atoms with Crippen molar-refractivity contribution in [3.63, 3.8) is 0 Å². The number of benzene rings is 1. The van der Waals surface area contributed by atoms with E-state index in [1.54, 1.807) is 0 Å². The SMILES string of the molecule is COc1nc(-c2ccccc2)ncc1C#N. The molecule has 0 aliphatic carbocycles. The van der Waals surface area contributed by atoms with Crippen LogP contribution in [0.2, 0.25) is 0 Å². The molecule has 0 fully saturated rings. The van der Waals surface area contributed by atoms with Crippen LogP contribution >= 0.6 is 0 Å². The van der Waals surface area contributed by atoms with Gasteiger partial charge in [0, 0.05) is 5.56 Å². The average molecular weight is 211 g/mol. The maximum absolute atomic E-state index is 8.80. The molecule has 78 valence electrons. The van der Waals surface area contributed by atoms with Crippen molar-refractivity contribution < 1.29 is 4.74 Å². The van der Waals surface area contributed by atoms with Gasteiger partial charge in [0.2, 0.25) is 5.88 Å². The van der Waals surface area contributed by atoms with Crippen molar-refractivity contribution in [1.82, 2.24) is 9.97 Å². The first-order chi connectivity index (χ1) is 7.85. The smallest absolute Gasteiger partial charge is 0.235 e. The van der Waals surface area contributed by atoms with Crippen LogP contribution in [-0.4, -0.2) is 17.1 Å². The Hall–Kier alpha value is -2.41. The van der Waals surface area contributed by atoms with Gasteiger partial charge in [-0.15, -0.1) is 0 Å². The number of nitrogens with zero attached hydrogens (tertiary/aromatic N) is 3. The molecule has 0 N–H and O–H groups in total. The van der Waals surface area contributed by atoms with E-state index >= 15 is 0 Å². The molecule has 0 saturated carbocycles. The lowest BCUT2D eigenvalue weighted by Gasteiger charge is -2.03. The van der Waals surface area contributed by atoms with Crippen molar-refractivity contribution >= 4 is 0 Å². The zero-order valence-electron chi connectivity index (χ0n) is 8.71. The first-order valence-corrected chi connectivity index (χ1v) is 4.71. The van der Waals surface area contributed by atoms with E-state index in [2.05, 4.69) is 9.97 Å². The zero-order valence-corrected chi connectivity index (χ0v) is 8.71. The zero-order chi connectivity index (χ0) is 11.4. The fourth-order valence-electron chi connectivity index (χ4n) is 1.32. The second kappa shape index (κ2) is 4.41. The number of methoxy groups -OCH3 is 1. The van der Waals surface area contributed by atoms with Crippen LogP contribution in [0.3, 0.4) is 0 Å². The number of hydrogen-bond donors (Lipinski definition) is 0. The van der Waals surface area contributed by atoms with E-state index in [1.165, 1.54) is 13.3 Å². The van der Waals surface area contributed by atoms with Crippen LogP contribution in [0.1, 0.15) is 5.56 Å². The number of ether oxygens (including phenoxy) is 1. The molecular weight excluding hydrogens is 202 g/mol. The number of hydrogen-bond acceptors (Lipinski definition) is 4. The molecule has 0 bridgehead atoms. The molecule has 0 aliphatic heterocycles. The summed E-state index contributed by atoms with van der Waals surface area (Å²) >= 11 is 0. The van der Waals surface area contributed by atoms with Gasteiger partial charge in [-0.25, -0.2) is 4.98 Å². The molecule has 4 heteroatoms. The molecule has 0 amide bonds. The van der Waals surface area contributed by atoms with Crippen molar-refractivity contribution in [3.8, 4) is 23.3 Å². The lowest BCUT2D eigenvalue weighted by molar-refractivity contribution is 0.396. The lowest BCUT2D eigenvalue weighted by Crippen LogP contribution is -1.96. The fraction of sp³-hybridized carbons (Fsp3) is 0.0833. The van der Waals surface area contributed by atoms with Gasteiger partial charge >= 0.3 is 0 Å². The summed E-state index contributed by atoms with van der Waals surface area (Å²) in [6.07, 6.45) is 1.47. The maximum atomic E-state index is 8.80. The molecule has 0 aliphatic rings. The van der Waals surface area contributed by atoms with Crippen LogP contribution in [0.5, 0.6) is 5.88 Å². The van der Waals surface area contributed by atoms with E-state index in [9.17, 15) is 0 Å². The largest absolute Gasteiger partial charge is 0.480 e. The average Bonchev–Trinajstić information content (AvgIpc) is 2.39. The Morgan fingerprint density at radius 2 is 2.00 bits per heavy atom. The van der Waals surface area contributed by atoms with Crippen molar-refractivity contribution in [2.24, 2.45) is 0 Å². The molecule has 2 aromatic rings. The maximum Gasteiger partial charge on any atom is 0.235 e. The molecule has 1 aromatic carbocycles. The van der Waals surface area contributed by atoms with Gasteiger partial charge in [-0.05, 0) is 0 Å². The minimum absolute atomic E-state index is 0.302. The summed E-state index contributed by atoms with van der Waals surface area (Å²) in [4.78, 5) is 8.29. The van der Waals surface area contributed by atoms with Crippen LogP contribution < -0.4 is 4.74 Å². The second-order valence-electron chi connectivity index (χ2n) is 3.09. The first-order valence-electron chi connectivity index (χ1n) is 4.71. The Bertz CT molecular complexity index is 532. The number of aromatic nitrogens is 2. The van der Waals surface area contributed by atoms with Gasteiger partial charge in [0.25, 0.3) is 0 Å². The van der Waals surface area contributed by atoms with Gasteiger partial charge in [0.1, 0.15) is 11.6 Å². The second-order valence-corrected chi connectivity index (χ2v) is 3.09. The minimum atomic E-state index is 0.302. The highest BCUT2D eigenvalue weighted by Gasteiger charge is 2.07. The summed E-state index contributed by atoms with van der Waals surface area (Å²) in [5, 5.41) is 8.80. The van der Waals surface area contributed by atoms with Gasteiger partial charge in [-0.1, -0.05) is 30.3 Å². The summed E-state index contributed by atoms with van der Waals surface area (Å²) in [5.74, 6) is 0.854. The van der Waals surface area contributed by atoms with Gasteiger partial charge in [0.15, 0.2) is 5.82 Å². The molecule has 0 radical (unpaired) electrons. The van der Waals surface area contributed by atoms with Crippen LogP contribution in [0.15, 0.2) is 36.5 Å². The highest BCUT2D eigenvalue weighted by Crippen LogP contribution is 2.19. The molecule has 0 saturated heterocycles. The first kappa shape index (κ1) is 10.1. The molecule has 1 aromatic heterocycles. The van der Waals surface area contributed by atoms with Gasteiger partial charge in [0.05, 0.1) is 13.3 Å². The summed E-state index contributed by atoms with van der Waals surface area (Å²) in [6.45, 7) is 0. The van der Waals surface area contributed by atoms with E-state index in [4.69, 9.17) is 10.00 Å². The predicted molar refractivity (Wildman–Crippen MR) is 58.7 cm³/mol. The van der Waals surface area contributed by atoms with E-state index < -0.39 is 0 Å². The van der Waals surface area contributed by atoms with E-state index in [-0.39, 0.29) is 0 Å². The third-order valence-corrected chi connectivity index (χ3v) is 2.10. The van der Waals surface area contributed by atoms with Crippen molar-refractivity contribution in [2.75, 3.05) is 7.11 Å². The van der Waals surface area contributed by atoms with Crippen molar-refractivity contribution in [1.29, 1.82) is 5.26 Å². The van der Waals surface area contributed by atoms with Crippen LogP contribution in [-0.2, 0) is 0 Å². The summed E-state index contributed by atoms with van der Waals surface area (Å²) in [7, 11) is 1.48. The van der Waals surface area contributed by atoms with Gasteiger partial charge in [-0.3, -0.25) is 0 Å². The third-order valence-electron chi connectivity index (χ3n) is 2.10. The van der Waals surface area contributed by atoms with Crippen LogP contribution in [0, 0.1) is 11.3 Å². The van der Waals surface area contributed by atoms with Crippen LogP contribution in [0.4, 0.5) is 0 Å². The topological polar surface area (TPSA) is 58.8 Å². The van der Waals surface area contributed by atoms with Crippen molar-refractivity contribution in [3.05, 3.63) is 42.1 Å². The normalized spacial score (nSPS) is 9.50. The van der Waals surface area contributed by atoms with Crippen LogP contribution in [0.25, 0.3) is 11.4 Å². The van der Waals surface area contributed by atoms with Gasteiger partial charge in [-0.2, -0.15) is 10.2 Å².